The predicted molar refractivity (Wildman–Crippen MR) is 69.8 cm³/mol. The zero-order valence-corrected chi connectivity index (χ0v) is 9.74. The van der Waals surface area contributed by atoms with Crippen LogP contribution >= 0.6 is 0 Å². The van der Waals surface area contributed by atoms with Crippen molar-refractivity contribution in [2.45, 2.75) is 26.2 Å². The summed E-state index contributed by atoms with van der Waals surface area (Å²) in [7, 11) is 0. The van der Waals surface area contributed by atoms with E-state index in [0.717, 1.165) is 12.4 Å². The van der Waals surface area contributed by atoms with Gasteiger partial charge in [-0.3, -0.25) is 0 Å². The summed E-state index contributed by atoms with van der Waals surface area (Å²) in [4.78, 5) is 4.39. The minimum Gasteiger partial charge on any atom is -0.370 e. The third kappa shape index (κ3) is 2.51. The fourth-order valence-electron chi connectivity index (χ4n) is 1.84. The quantitative estimate of drug-likeness (QED) is 0.765. The lowest BCUT2D eigenvalue weighted by Gasteiger charge is -2.07. The topological polar surface area (TPSA) is 24.9 Å². The molecule has 2 aromatic rings. The molecule has 0 saturated carbocycles. The summed E-state index contributed by atoms with van der Waals surface area (Å²) in [6.07, 6.45) is 5.61. The van der Waals surface area contributed by atoms with Gasteiger partial charge >= 0.3 is 0 Å². The molecule has 1 heterocycles. The Labute approximate surface area is 96.7 Å². The van der Waals surface area contributed by atoms with Gasteiger partial charge in [-0.1, -0.05) is 44.0 Å². The van der Waals surface area contributed by atoms with Gasteiger partial charge in [0.25, 0.3) is 0 Å². The van der Waals surface area contributed by atoms with E-state index in [4.69, 9.17) is 0 Å². The monoisotopic (exact) mass is 214 g/mol. The third-order valence-corrected chi connectivity index (χ3v) is 2.75. The average Bonchev–Trinajstić information content (AvgIpc) is 2.35. The van der Waals surface area contributed by atoms with Crippen LogP contribution in [0, 0.1) is 0 Å². The highest BCUT2D eigenvalue weighted by atomic mass is 15.0. The maximum Gasteiger partial charge on any atom is 0.133 e. The molecule has 0 saturated heterocycles. The Morgan fingerprint density at radius 2 is 2.00 bits per heavy atom. The van der Waals surface area contributed by atoms with Crippen molar-refractivity contribution in [2.24, 2.45) is 0 Å². The minimum atomic E-state index is 1.01. The van der Waals surface area contributed by atoms with E-state index in [0.29, 0.717) is 0 Å². The molecule has 0 unspecified atom stereocenters. The lowest BCUT2D eigenvalue weighted by Crippen LogP contribution is -2.03. The number of fused-ring (bicyclic) bond motifs is 1. The fraction of sp³-hybridized carbons (Fsp3) is 0.357. The molecule has 0 bridgehead atoms. The Balaban J connectivity index is 2.11. The van der Waals surface area contributed by atoms with E-state index >= 15 is 0 Å². The zero-order valence-electron chi connectivity index (χ0n) is 9.74. The van der Waals surface area contributed by atoms with Gasteiger partial charge in [-0.15, -0.1) is 0 Å². The summed E-state index contributed by atoms with van der Waals surface area (Å²) in [5.41, 5.74) is 0. The van der Waals surface area contributed by atoms with Crippen molar-refractivity contribution in [2.75, 3.05) is 11.9 Å². The van der Waals surface area contributed by atoms with Crippen LogP contribution in [0.3, 0.4) is 0 Å². The third-order valence-electron chi connectivity index (χ3n) is 2.75. The molecule has 0 amide bonds. The average molecular weight is 214 g/mol. The van der Waals surface area contributed by atoms with Crippen molar-refractivity contribution in [1.82, 2.24) is 4.98 Å². The highest BCUT2D eigenvalue weighted by molar-refractivity contribution is 5.91. The van der Waals surface area contributed by atoms with Crippen molar-refractivity contribution in [3.8, 4) is 0 Å². The lowest BCUT2D eigenvalue weighted by molar-refractivity contribution is 0.743. The van der Waals surface area contributed by atoms with Gasteiger partial charge in [0.2, 0.25) is 0 Å². The van der Waals surface area contributed by atoms with Crippen molar-refractivity contribution in [3.63, 3.8) is 0 Å². The Hall–Kier alpha value is -1.57. The van der Waals surface area contributed by atoms with Crippen LogP contribution in [-0.4, -0.2) is 11.5 Å². The first-order chi connectivity index (χ1) is 7.92. The molecule has 2 nitrogen and oxygen atoms in total. The normalized spacial score (nSPS) is 10.6. The van der Waals surface area contributed by atoms with Crippen molar-refractivity contribution in [3.05, 3.63) is 36.5 Å². The summed E-state index contributed by atoms with van der Waals surface area (Å²) in [6.45, 7) is 3.23. The van der Waals surface area contributed by atoms with Crippen molar-refractivity contribution in [1.29, 1.82) is 0 Å². The molecule has 0 spiro atoms. The van der Waals surface area contributed by atoms with Crippen molar-refractivity contribution < 1.29 is 0 Å². The molecule has 0 fully saturated rings. The number of aromatic nitrogens is 1. The van der Waals surface area contributed by atoms with Gasteiger partial charge in [-0.25, -0.2) is 4.98 Å². The Bertz CT molecular complexity index is 446. The first kappa shape index (κ1) is 10.9. The number of benzene rings is 1. The van der Waals surface area contributed by atoms with Gasteiger partial charge in [0.05, 0.1) is 0 Å². The summed E-state index contributed by atoms with van der Waals surface area (Å²) >= 11 is 0. The Morgan fingerprint density at radius 1 is 1.12 bits per heavy atom. The van der Waals surface area contributed by atoms with Crippen LogP contribution in [0.25, 0.3) is 10.8 Å². The van der Waals surface area contributed by atoms with Crippen LogP contribution < -0.4 is 5.32 Å². The molecule has 84 valence electrons. The fourth-order valence-corrected chi connectivity index (χ4v) is 1.84. The van der Waals surface area contributed by atoms with E-state index in [1.807, 2.05) is 12.3 Å². The molecule has 2 rings (SSSR count). The van der Waals surface area contributed by atoms with Crippen LogP contribution in [0.5, 0.6) is 0 Å². The zero-order chi connectivity index (χ0) is 11.2. The highest BCUT2D eigenvalue weighted by Crippen LogP contribution is 2.20. The van der Waals surface area contributed by atoms with Gasteiger partial charge in [0.1, 0.15) is 5.82 Å². The summed E-state index contributed by atoms with van der Waals surface area (Å²) < 4.78 is 0. The number of nitrogens with zero attached hydrogens (tertiary/aromatic N) is 1. The van der Waals surface area contributed by atoms with Crippen LogP contribution in [0.15, 0.2) is 36.5 Å². The molecule has 1 aromatic heterocycles. The first-order valence-electron chi connectivity index (χ1n) is 5.99. The SMILES string of the molecule is CCCCCNc1nccc2ccccc12. The molecule has 0 atom stereocenters. The van der Waals surface area contributed by atoms with Crippen molar-refractivity contribution >= 4 is 16.6 Å². The van der Waals surface area contributed by atoms with E-state index in [2.05, 4.69) is 41.5 Å². The van der Waals surface area contributed by atoms with E-state index in [1.54, 1.807) is 0 Å². The molecular weight excluding hydrogens is 196 g/mol. The molecule has 0 radical (unpaired) electrons. The number of hydrogen-bond donors (Lipinski definition) is 1. The Morgan fingerprint density at radius 3 is 2.88 bits per heavy atom. The standard InChI is InChI=1S/C14H18N2/c1-2-3-6-10-15-14-13-8-5-4-7-12(13)9-11-16-14/h4-5,7-9,11H,2-3,6,10H2,1H3,(H,15,16). The summed E-state index contributed by atoms with van der Waals surface area (Å²) in [6, 6.07) is 10.4. The molecule has 0 aliphatic heterocycles. The molecule has 1 N–H and O–H groups in total. The molecule has 0 aliphatic rings. The Kier molecular flexibility index (Phi) is 3.76. The van der Waals surface area contributed by atoms with E-state index in [9.17, 15) is 0 Å². The summed E-state index contributed by atoms with van der Waals surface area (Å²) in [5, 5.41) is 5.87. The molecule has 1 aromatic carbocycles. The van der Waals surface area contributed by atoms with E-state index in [1.165, 1.54) is 30.0 Å². The van der Waals surface area contributed by atoms with Gasteiger partial charge in [-0.2, -0.15) is 0 Å². The second kappa shape index (κ2) is 5.50. The lowest BCUT2D eigenvalue weighted by atomic mass is 10.1. The maximum atomic E-state index is 4.39. The molecule has 2 heteroatoms. The number of rotatable bonds is 5. The highest BCUT2D eigenvalue weighted by Gasteiger charge is 1.99. The van der Waals surface area contributed by atoms with Gasteiger partial charge < -0.3 is 5.32 Å². The molecule has 16 heavy (non-hydrogen) atoms. The second-order valence-electron chi connectivity index (χ2n) is 4.01. The van der Waals surface area contributed by atoms with Crippen LogP contribution in [0.2, 0.25) is 0 Å². The number of unbranched alkanes of at least 4 members (excludes halogenated alkanes) is 2. The molecule has 0 aliphatic carbocycles. The van der Waals surface area contributed by atoms with E-state index < -0.39 is 0 Å². The second-order valence-corrected chi connectivity index (χ2v) is 4.01. The summed E-state index contributed by atoms with van der Waals surface area (Å²) in [5.74, 6) is 1.01. The first-order valence-corrected chi connectivity index (χ1v) is 5.99. The van der Waals surface area contributed by atoms with Crippen LogP contribution in [-0.2, 0) is 0 Å². The van der Waals surface area contributed by atoms with Crippen LogP contribution in [0.4, 0.5) is 5.82 Å². The van der Waals surface area contributed by atoms with Crippen LogP contribution in [0.1, 0.15) is 26.2 Å². The predicted octanol–water partition coefficient (Wildman–Crippen LogP) is 3.84. The van der Waals surface area contributed by atoms with Gasteiger partial charge in [-0.05, 0) is 17.9 Å². The number of pyridine rings is 1. The smallest absolute Gasteiger partial charge is 0.133 e. The minimum absolute atomic E-state index is 1.01. The molecular formula is C14H18N2. The van der Waals surface area contributed by atoms with E-state index in [-0.39, 0.29) is 0 Å². The number of hydrogen-bond acceptors (Lipinski definition) is 2. The number of nitrogens with one attached hydrogen (secondary N) is 1. The van der Waals surface area contributed by atoms with Gasteiger partial charge in [0.15, 0.2) is 0 Å². The van der Waals surface area contributed by atoms with Gasteiger partial charge in [0, 0.05) is 18.1 Å². The number of anilines is 1. The maximum absolute atomic E-state index is 4.39. The largest absolute Gasteiger partial charge is 0.370 e.